The molecule has 4 nitrogen and oxygen atoms in total. The molecule has 5 heteroatoms. The molecular formula is C26H17N3OS. The number of fused-ring (bicyclic) bond motifs is 1. The van der Waals surface area contributed by atoms with Crippen molar-refractivity contribution in [1.29, 1.82) is 0 Å². The zero-order chi connectivity index (χ0) is 21.2. The van der Waals surface area contributed by atoms with E-state index in [1.54, 1.807) is 23.7 Å². The van der Waals surface area contributed by atoms with Crippen molar-refractivity contribution in [2.75, 3.05) is 5.32 Å². The number of aryl methyl sites for hydroxylation is 1. The summed E-state index contributed by atoms with van der Waals surface area (Å²) in [5, 5.41) is 4.89. The van der Waals surface area contributed by atoms with E-state index in [-0.39, 0.29) is 5.91 Å². The molecule has 0 saturated carbocycles. The van der Waals surface area contributed by atoms with Gasteiger partial charge in [-0.25, -0.2) is 4.98 Å². The van der Waals surface area contributed by atoms with Crippen molar-refractivity contribution in [1.82, 2.24) is 9.97 Å². The van der Waals surface area contributed by atoms with Gasteiger partial charge in [-0.3, -0.25) is 9.78 Å². The molecule has 0 radical (unpaired) electrons. The Hall–Kier alpha value is -4.01. The molecule has 0 fully saturated rings. The summed E-state index contributed by atoms with van der Waals surface area (Å²) in [5.41, 5.74) is 6.21. The SMILES string of the molecule is Cc1nc2c(cc1-c1ccncc1)C(=Cc1cc(C#Cc3ccccc3)cs1)C(=O)N2. The Morgan fingerprint density at radius 3 is 2.55 bits per heavy atom. The predicted molar refractivity (Wildman–Crippen MR) is 125 cm³/mol. The standard InChI is InChI=1S/C26H17N3OS/c1-17-22(20-9-11-27-12-10-20)15-23-24(26(30)29-25(23)28-17)14-21-13-19(16-31-21)8-7-18-5-3-2-4-6-18/h2-6,9-16H,1H3,(H,28,29,30). The molecule has 5 rings (SSSR count). The number of carbonyl (C=O) groups excluding carboxylic acids is 1. The number of nitrogens with one attached hydrogen (secondary N) is 1. The summed E-state index contributed by atoms with van der Waals surface area (Å²) < 4.78 is 0. The summed E-state index contributed by atoms with van der Waals surface area (Å²) in [7, 11) is 0. The molecule has 0 bridgehead atoms. The molecule has 1 N–H and O–H groups in total. The molecule has 3 aromatic heterocycles. The van der Waals surface area contributed by atoms with Crippen LogP contribution < -0.4 is 5.32 Å². The number of carbonyl (C=O) groups is 1. The minimum Gasteiger partial charge on any atom is -0.306 e. The molecule has 1 aliphatic rings. The van der Waals surface area contributed by atoms with Crippen LogP contribution in [0.5, 0.6) is 0 Å². The first-order valence-corrected chi connectivity index (χ1v) is 10.7. The van der Waals surface area contributed by atoms with Gasteiger partial charge in [0.1, 0.15) is 5.82 Å². The third kappa shape index (κ3) is 3.89. The lowest BCUT2D eigenvalue weighted by molar-refractivity contribution is -0.110. The summed E-state index contributed by atoms with van der Waals surface area (Å²) in [4.78, 5) is 22.3. The highest BCUT2D eigenvalue weighted by Gasteiger charge is 2.27. The summed E-state index contributed by atoms with van der Waals surface area (Å²) in [5.74, 6) is 6.82. The van der Waals surface area contributed by atoms with Gasteiger partial charge in [0.05, 0.1) is 5.57 Å². The summed E-state index contributed by atoms with van der Waals surface area (Å²) in [6.07, 6.45) is 5.42. The fraction of sp³-hybridized carbons (Fsp3) is 0.0385. The number of hydrogen-bond donors (Lipinski definition) is 1. The summed E-state index contributed by atoms with van der Waals surface area (Å²) >= 11 is 1.56. The smallest absolute Gasteiger partial charge is 0.257 e. The molecule has 0 saturated heterocycles. The Kier molecular flexibility index (Phi) is 4.91. The normalized spacial score (nSPS) is 13.5. The van der Waals surface area contributed by atoms with Gasteiger partial charge in [0, 0.05) is 50.6 Å². The second-order valence-electron chi connectivity index (χ2n) is 7.12. The van der Waals surface area contributed by atoms with E-state index in [0.717, 1.165) is 38.4 Å². The van der Waals surface area contributed by atoms with Crippen LogP contribution in [0.2, 0.25) is 0 Å². The van der Waals surface area contributed by atoms with Gasteiger partial charge in [-0.05, 0) is 55.0 Å². The monoisotopic (exact) mass is 419 g/mol. The van der Waals surface area contributed by atoms with Gasteiger partial charge in [-0.1, -0.05) is 30.0 Å². The van der Waals surface area contributed by atoms with Gasteiger partial charge in [0.25, 0.3) is 5.91 Å². The second kappa shape index (κ2) is 8.02. The van der Waals surface area contributed by atoms with Crippen LogP contribution in [0.4, 0.5) is 5.82 Å². The number of nitrogens with zero attached hydrogens (tertiary/aromatic N) is 2. The minimum absolute atomic E-state index is 0.140. The number of hydrogen-bond acceptors (Lipinski definition) is 4. The van der Waals surface area contributed by atoms with Crippen molar-refractivity contribution in [3.05, 3.63) is 99.6 Å². The maximum absolute atomic E-state index is 12.7. The van der Waals surface area contributed by atoms with Crippen LogP contribution in [0.1, 0.15) is 27.3 Å². The average molecular weight is 420 g/mol. The van der Waals surface area contributed by atoms with Crippen molar-refractivity contribution in [3.8, 4) is 23.0 Å². The predicted octanol–water partition coefficient (Wildman–Crippen LogP) is 5.41. The first-order valence-electron chi connectivity index (χ1n) is 9.78. The largest absolute Gasteiger partial charge is 0.306 e. The van der Waals surface area contributed by atoms with Gasteiger partial charge < -0.3 is 5.32 Å². The van der Waals surface area contributed by atoms with E-state index in [2.05, 4.69) is 27.1 Å². The van der Waals surface area contributed by atoms with E-state index in [1.165, 1.54) is 0 Å². The molecule has 148 valence electrons. The van der Waals surface area contributed by atoms with Crippen LogP contribution >= 0.6 is 11.3 Å². The molecular weight excluding hydrogens is 402 g/mol. The minimum atomic E-state index is -0.140. The Balaban J connectivity index is 1.49. The van der Waals surface area contributed by atoms with E-state index >= 15 is 0 Å². The van der Waals surface area contributed by atoms with Gasteiger partial charge >= 0.3 is 0 Å². The number of rotatable bonds is 2. The summed E-state index contributed by atoms with van der Waals surface area (Å²) in [6.45, 7) is 1.95. The first kappa shape index (κ1) is 19.0. The lowest BCUT2D eigenvalue weighted by Crippen LogP contribution is -2.04. The molecule has 0 atom stereocenters. The maximum Gasteiger partial charge on any atom is 0.257 e. The zero-order valence-corrected chi connectivity index (χ0v) is 17.5. The number of pyridine rings is 2. The van der Waals surface area contributed by atoms with Crippen LogP contribution in [0.3, 0.4) is 0 Å². The molecule has 31 heavy (non-hydrogen) atoms. The van der Waals surface area contributed by atoms with Crippen LogP contribution in [0.25, 0.3) is 22.8 Å². The maximum atomic E-state index is 12.7. The fourth-order valence-corrected chi connectivity index (χ4v) is 4.24. The van der Waals surface area contributed by atoms with Crippen LogP contribution in [-0.4, -0.2) is 15.9 Å². The number of anilines is 1. The molecule has 4 heterocycles. The van der Waals surface area contributed by atoms with Crippen molar-refractivity contribution >= 4 is 34.7 Å². The van der Waals surface area contributed by atoms with E-state index in [9.17, 15) is 4.79 Å². The zero-order valence-electron chi connectivity index (χ0n) is 16.7. The number of benzene rings is 1. The van der Waals surface area contributed by atoms with Gasteiger partial charge in [-0.15, -0.1) is 11.3 Å². The molecule has 1 aromatic carbocycles. The lowest BCUT2D eigenvalue weighted by Gasteiger charge is -2.08. The van der Waals surface area contributed by atoms with Crippen molar-refractivity contribution in [3.63, 3.8) is 0 Å². The third-order valence-electron chi connectivity index (χ3n) is 5.00. The molecule has 4 aromatic rings. The Morgan fingerprint density at radius 1 is 0.968 bits per heavy atom. The molecule has 1 aliphatic heterocycles. The highest BCUT2D eigenvalue weighted by Crippen LogP contribution is 2.36. The van der Waals surface area contributed by atoms with E-state index in [1.807, 2.05) is 73.0 Å². The average Bonchev–Trinajstić information content (AvgIpc) is 3.37. The van der Waals surface area contributed by atoms with Gasteiger partial charge in [0.15, 0.2) is 0 Å². The Labute approximate surface area is 184 Å². The van der Waals surface area contributed by atoms with Crippen molar-refractivity contribution in [2.45, 2.75) is 6.92 Å². The van der Waals surface area contributed by atoms with Crippen LogP contribution in [0, 0.1) is 18.8 Å². The van der Waals surface area contributed by atoms with Crippen molar-refractivity contribution < 1.29 is 4.79 Å². The van der Waals surface area contributed by atoms with Crippen LogP contribution in [0.15, 0.2) is 72.4 Å². The Bertz CT molecular complexity index is 1380. The number of amides is 1. The van der Waals surface area contributed by atoms with Crippen LogP contribution in [-0.2, 0) is 4.79 Å². The lowest BCUT2D eigenvalue weighted by atomic mass is 10.0. The molecule has 0 aliphatic carbocycles. The van der Waals surface area contributed by atoms with E-state index in [0.29, 0.717) is 11.4 Å². The third-order valence-corrected chi connectivity index (χ3v) is 5.88. The van der Waals surface area contributed by atoms with E-state index in [4.69, 9.17) is 0 Å². The number of aromatic nitrogens is 2. The second-order valence-corrected chi connectivity index (χ2v) is 8.06. The topological polar surface area (TPSA) is 54.9 Å². The van der Waals surface area contributed by atoms with Gasteiger partial charge in [0.2, 0.25) is 0 Å². The number of thiophene rings is 1. The fourth-order valence-electron chi connectivity index (χ4n) is 3.47. The van der Waals surface area contributed by atoms with Gasteiger partial charge in [-0.2, -0.15) is 0 Å². The van der Waals surface area contributed by atoms with E-state index < -0.39 is 0 Å². The highest BCUT2D eigenvalue weighted by atomic mass is 32.1. The Morgan fingerprint density at radius 2 is 1.74 bits per heavy atom. The summed E-state index contributed by atoms with van der Waals surface area (Å²) in [6, 6.07) is 17.8. The quantitative estimate of drug-likeness (QED) is 0.349. The first-order chi connectivity index (χ1) is 15.2. The molecule has 0 unspecified atom stereocenters. The molecule has 0 spiro atoms. The van der Waals surface area contributed by atoms with Crippen molar-refractivity contribution in [2.24, 2.45) is 0 Å². The highest BCUT2D eigenvalue weighted by molar-refractivity contribution is 7.11. The molecule has 1 amide bonds.